The summed E-state index contributed by atoms with van der Waals surface area (Å²) in [5.41, 5.74) is 1.28. The molecule has 0 spiro atoms. The lowest BCUT2D eigenvalue weighted by molar-refractivity contribution is 0.0696. The minimum absolute atomic E-state index is 0.263. The molecule has 2 aromatic heterocycles. The van der Waals surface area contributed by atoms with Crippen LogP contribution in [0.2, 0.25) is 0 Å². The van der Waals surface area contributed by atoms with Crippen LogP contribution >= 0.6 is 23.1 Å². The quantitative estimate of drug-likeness (QED) is 0.853. The van der Waals surface area contributed by atoms with Gasteiger partial charge < -0.3 is 5.11 Å². The second-order valence-electron chi connectivity index (χ2n) is 4.31. The molecule has 0 aliphatic heterocycles. The van der Waals surface area contributed by atoms with Gasteiger partial charge >= 0.3 is 5.97 Å². The van der Waals surface area contributed by atoms with E-state index in [1.807, 2.05) is 5.38 Å². The van der Waals surface area contributed by atoms with Crippen molar-refractivity contribution in [3.05, 3.63) is 40.0 Å². The number of thioether (sulfide) groups is 1. The average molecular weight is 294 g/mol. The lowest BCUT2D eigenvalue weighted by atomic mass is 10.2. The molecule has 1 N–H and O–H groups in total. The van der Waals surface area contributed by atoms with Crippen LogP contribution < -0.4 is 0 Å². The minimum atomic E-state index is -0.931. The summed E-state index contributed by atoms with van der Waals surface area (Å²) in [7, 11) is 0. The summed E-state index contributed by atoms with van der Waals surface area (Å²) in [6, 6.07) is 3.08. The highest BCUT2D eigenvalue weighted by molar-refractivity contribution is 7.98. The molecule has 0 atom stereocenters. The van der Waals surface area contributed by atoms with Crippen molar-refractivity contribution >= 4 is 29.1 Å². The Morgan fingerprint density at radius 2 is 2.32 bits per heavy atom. The van der Waals surface area contributed by atoms with Crippen molar-refractivity contribution in [3.8, 4) is 0 Å². The molecule has 0 amide bonds. The molecule has 6 heteroatoms. The van der Waals surface area contributed by atoms with Crippen LogP contribution in [0, 0.1) is 0 Å². The Morgan fingerprint density at radius 3 is 2.95 bits per heavy atom. The molecule has 0 bridgehead atoms. The SMILES string of the molecule is CC(C)c1nc(CSc2cc(C(=O)O)ccn2)cs1. The van der Waals surface area contributed by atoms with Crippen LogP contribution in [0.4, 0.5) is 0 Å². The van der Waals surface area contributed by atoms with Crippen molar-refractivity contribution in [1.29, 1.82) is 0 Å². The van der Waals surface area contributed by atoms with E-state index in [0.29, 0.717) is 16.7 Å². The summed E-state index contributed by atoms with van der Waals surface area (Å²) in [4.78, 5) is 19.5. The molecular weight excluding hydrogens is 280 g/mol. The minimum Gasteiger partial charge on any atom is -0.478 e. The van der Waals surface area contributed by atoms with E-state index in [4.69, 9.17) is 5.11 Å². The molecule has 4 nitrogen and oxygen atoms in total. The van der Waals surface area contributed by atoms with Gasteiger partial charge in [0.25, 0.3) is 0 Å². The number of hydrogen-bond donors (Lipinski definition) is 1. The number of nitrogens with zero attached hydrogens (tertiary/aromatic N) is 2. The van der Waals surface area contributed by atoms with E-state index < -0.39 is 5.97 Å². The first-order valence-corrected chi connectivity index (χ1v) is 7.69. The topological polar surface area (TPSA) is 63.1 Å². The molecule has 2 rings (SSSR count). The third kappa shape index (κ3) is 3.78. The summed E-state index contributed by atoms with van der Waals surface area (Å²) >= 11 is 3.16. The molecule has 2 heterocycles. The predicted molar refractivity (Wildman–Crippen MR) is 77.0 cm³/mol. The zero-order valence-corrected chi connectivity index (χ0v) is 12.3. The van der Waals surface area contributed by atoms with Crippen molar-refractivity contribution in [2.75, 3.05) is 0 Å². The van der Waals surface area contributed by atoms with Crippen LogP contribution in [0.1, 0.15) is 40.8 Å². The summed E-state index contributed by atoms with van der Waals surface area (Å²) in [6.45, 7) is 4.24. The van der Waals surface area contributed by atoms with Crippen LogP contribution in [0.3, 0.4) is 0 Å². The van der Waals surface area contributed by atoms with Crippen molar-refractivity contribution in [2.24, 2.45) is 0 Å². The fourth-order valence-electron chi connectivity index (χ4n) is 1.42. The summed E-state index contributed by atoms with van der Waals surface area (Å²) < 4.78 is 0. The monoisotopic (exact) mass is 294 g/mol. The van der Waals surface area contributed by atoms with Crippen LogP contribution in [0.15, 0.2) is 28.7 Å². The second kappa shape index (κ2) is 6.16. The van der Waals surface area contributed by atoms with Crippen LogP contribution in [-0.2, 0) is 5.75 Å². The van der Waals surface area contributed by atoms with Gasteiger partial charge in [0.15, 0.2) is 0 Å². The fourth-order valence-corrected chi connectivity index (χ4v) is 3.15. The molecule has 0 aliphatic rings. The Morgan fingerprint density at radius 1 is 1.53 bits per heavy atom. The lowest BCUT2D eigenvalue weighted by Crippen LogP contribution is -1.96. The number of aromatic nitrogens is 2. The smallest absolute Gasteiger partial charge is 0.335 e. The summed E-state index contributed by atoms with van der Waals surface area (Å²) in [5.74, 6) is 0.219. The fraction of sp³-hybridized carbons (Fsp3) is 0.308. The number of carboxylic acids is 1. The van der Waals surface area contributed by atoms with Gasteiger partial charge in [0.1, 0.15) is 0 Å². The van der Waals surface area contributed by atoms with E-state index >= 15 is 0 Å². The molecule has 100 valence electrons. The highest BCUT2D eigenvalue weighted by Gasteiger charge is 2.08. The van der Waals surface area contributed by atoms with E-state index in [1.54, 1.807) is 17.4 Å². The van der Waals surface area contributed by atoms with Crippen molar-refractivity contribution in [3.63, 3.8) is 0 Å². The molecule has 0 aromatic carbocycles. The van der Waals surface area contributed by atoms with Gasteiger partial charge in [-0.3, -0.25) is 0 Å². The summed E-state index contributed by atoms with van der Waals surface area (Å²) in [6.07, 6.45) is 1.52. The van der Waals surface area contributed by atoms with E-state index in [2.05, 4.69) is 23.8 Å². The van der Waals surface area contributed by atoms with Gasteiger partial charge in [-0.1, -0.05) is 25.6 Å². The molecular formula is C13H14N2O2S2. The number of carboxylic acid groups (broad SMARTS) is 1. The molecule has 19 heavy (non-hydrogen) atoms. The first kappa shape index (κ1) is 14.0. The van der Waals surface area contributed by atoms with Crippen molar-refractivity contribution in [1.82, 2.24) is 9.97 Å². The predicted octanol–water partition coefficient (Wildman–Crippen LogP) is 3.65. The molecule has 2 aromatic rings. The maximum absolute atomic E-state index is 10.9. The van der Waals surface area contributed by atoms with Crippen LogP contribution in [0.25, 0.3) is 0 Å². The largest absolute Gasteiger partial charge is 0.478 e. The number of thiazole rings is 1. The first-order chi connectivity index (χ1) is 9.06. The standard InChI is InChI=1S/C13H14N2O2S2/c1-8(2)12-15-10(7-19-12)6-18-11-5-9(13(16)17)3-4-14-11/h3-5,7-8H,6H2,1-2H3,(H,16,17). The number of carbonyl (C=O) groups is 1. The van der Waals surface area contributed by atoms with E-state index in [-0.39, 0.29) is 5.56 Å². The average Bonchev–Trinajstić information content (AvgIpc) is 2.85. The summed E-state index contributed by atoms with van der Waals surface area (Å²) in [5, 5.41) is 12.8. The lowest BCUT2D eigenvalue weighted by Gasteiger charge is -2.00. The van der Waals surface area contributed by atoms with Gasteiger partial charge in [0.05, 0.1) is 21.3 Å². The van der Waals surface area contributed by atoms with Gasteiger partial charge in [0, 0.05) is 23.2 Å². The number of rotatable bonds is 5. The molecule has 0 unspecified atom stereocenters. The molecule has 0 fully saturated rings. The second-order valence-corrected chi connectivity index (χ2v) is 6.19. The maximum atomic E-state index is 10.9. The number of hydrogen-bond acceptors (Lipinski definition) is 5. The van der Waals surface area contributed by atoms with E-state index in [0.717, 1.165) is 10.7 Å². The Labute approximate surface area is 119 Å². The van der Waals surface area contributed by atoms with Gasteiger partial charge in [-0.2, -0.15) is 0 Å². The van der Waals surface area contributed by atoms with Crippen molar-refractivity contribution in [2.45, 2.75) is 30.5 Å². The molecule has 0 radical (unpaired) electrons. The molecule has 0 aliphatic carbocycles. The normalized spacial score (nSPS) is 10.9. The number of pyridine rings is 1. The highest BCUT2D eigenvalue weighted by atomic mass is 32.2. The number of aromatic carboxylic acids is 1. The first-order valence-electron chi connectivity index (χ1n) is 5.82. The Balaban J connectivity index is 2.01. The Hall–Kier alpha value is -1.40. The van der Waals surface area contributed by atoms with E-state index in [9.17, 15) is 4.79 Å². The Bertz CT molecular complexity index is 582. The van der Waals surface area contributed by atoms with E-state index in [1.165, 1.54) is 24.0 Å². The maximum Gasteiger partial charge on any atom is 0.335 e. The van der Waals surface area contributed by atoms with Gasteiger partial charge in [0.2, 0.25) is 0 Å². The van der Waals surface area contributed by atoms with Gasteiger partial charge in [-0.05, 0) is 12.1 Å². The van der Waals surface area contributed by atoms with Crippen LogP contribution in [0.5, 0.6) is 0 Å². The zero-order valence-electron chi connectivity index (χ0n) is 10.7. The van der Waals surface area contributed by atoms with Crippen LogP contribution in [-0.4, -0.2) is 21.0 Å². The Kier molecular flexibility index (Phi) is 4.55. The molecule has 0 saturated heterocycles. The third-order valence-electron chi connectivity index (χ3n) is 2.41. The third-order valence-corrected chi connectivity index (χ3v) is 4.57. The van der Waals surface area contributed by atoms with Gasteiger partial charge in [-0.25, -0.2) is 14.8 Å². The van der Waals surface area contributed by atoms with Gasteiger partial charge in [-0.15, -0.1) is 11.3 Å². The van der Waals surface area contributed by atoms with Crippen molar-refractivity contribution < 1.29 is 9.90 Å². The zero-order chi connectivity index (χ0) is 13.8. The highest BCUT2D eigenvalue weighted by Crippen LogP contribution is 2.25. The molecule has 0 saturated carbocycles.